The maximum Gasteiger partial charge on any atom is 0.239 e. The minimum Gasteiger partial charge on any atom is -0.348 e. The molecule has 0 unspecified atom stereocenters. The first kappa shape index (κ1) is 17.7. The molecular formula is C20H22N4O2. The van der Waals surface area contributed by atoms with Gasteiger partial charge in [0.15, 0.2) is 0 Å². The highest BCUT2D eigenvalue weighted by Crippen LogP contribution is 2.25. The summed E-state index contributed by atoms with van der Waals surface area (Å²) in [6, 6.07) is 14.1. The number of nitrogens with zero attached hydrogens (tertiary/aromatic N) is 2. The Bertz CT molecular complexity index is 956. The molecule has 3 rings (SSSR count). The molecule has 0 aliphatic heterocycles. The molecule has 1 atom stereocenters. The third-order valence-electron chi connectivity index (χ3n) is 4.38. The van der Waals surface area contributed by atoms with Crippen LogP contribution in [-0.4, -0.2) is 28.1 Å². The Morgan fingerprint density at radius 3 is 2.65 bits per heavy atom. The molecule has 3 aromatic rings. The zero-order valence-corrected chi connectivity index (χ0v) is 15.1. The second kappa shape index (κ2) is 7.39. The van der Waals surface area contributed by atoms with E-state index in [2.05, 4.69) is 33.9 Å². The quantitative estimate of drug-likeness (QED) is 0.743. The van der Waals surface area contributed by atoms with Gasteiger partial charge in [-0.2, -0.15) is 5.10 Å². The van der Waals surface area contributed by atoms with E-state index in [1.807, 2.05) is 42.8 Å². The fourth-order valence-corrected chi connectivity index (χ4v) is 3.06. The normalized spacial score (nSPS) is 12.0. The van der Waals surface area contributed by atoms with Crippen LogP contribution in [-0.2, 0) is 9.59 Å². The van der Waals surface area contributed by atoms with Crippen molar-refractivity contribution in [2.45, 2.75) is 26.8 Å². The summed E-state index contributed by atoms with van der Waals surface area (Å²) in [6.07, 6.45) is 1.78. The summed E-state index contributed by atoms with van der Waals surface area (Å²) in [5, 5.41) is 12.2. The molecule has 6 heteroatoms. The Kier molecular flexibility index (Phi) is 5.02. The number of carbonyl (C=O) groups excluding carboxylic acids is 2. The largest absolute Gasteiger partial charge is 0.348 e. The second-order valence-corrected chi connectivity index (χ2v) is 6.29. The first-order chi connectivity index (χ1) is 12.5. The predicted molar refractivity (Wildman–Crippen MR) is 101 cm³/mol. The van der Waals surface area contributed by atoms with Gasteiger partial charge in [-0.25, -0.2) is 4.68 Å². The Labute approximate surface area is 152 Å². The van der Waals surface area contributed by atoms with Crippen molar-refractivity contribution in [3.05, 3.63) is 59.9 Å². The Morgan fingerprint density at radius 2 is 1.88 bits per heavy atom. The number of hydrogen-bond donors (Lipinski definition) is 2. The van der Waals surface area contributed by atoms with E-state index in [9.17, 15) is 9.59 Å². The van der Waals surface area contributed by atoms with E-state index in [0.717, 1.165) is 27.7 Å². The highest BCUT2D eigenvalue weighted by atomic mass is 16.2. The number of nitrogens with one attached hydrogen (secondary N) is 2. The molecule has 0 radical (unpaired) electrons. The lowest BCUT2D eigenvalue weighted by Gasteiger charge is -2.15. The van der Waals surface area contributed by atoms with Crippen LogP contribution in [0, 0.1) is 6.92 Å². The molecule has 2 amide bonds. The SMILES string of the molecule is CC(=O)NCC(=O)N[C@H](C)c1cnn(-c2cccc3ccccc23)c1C. The maximum absolute atomic E-state index is 11.9. The third-order valence-corrected chi connectivity index (χ3v) is 4.38. The van der Waals surface area contributed by atoms with Crippen LogP contribution in [0.3, 0.4) is 0 Å². The molecule has 1 aromatic heterocycles. The van der Waals surface area contributed by atoms with Gasteiger partial charge in [0, 0.05) is 23.6 Å². The molecule has 0 bridgehead atoms. The van der Waals surface area contributed by atoms with Gasteiger partial charge in [-0.05, 0) is 25.3 Å². The number of hydrogen-bond acceptors (Lipinski definition) is 3. The van der Waals surface area contributed by atoms with Crippen LogP contribution < -0.4 is 10.6 Å². The van der Waals surface area contributed by atoms with Crippen LogP contribution in [0.25, 0.3) is 16.5 Å². The van der Waals surface area contributed by atoms with Crippen LogP contribution in [0.15, 0.2) is 48.7 Å². The Hall–Kier alpha value is -3.15. The lowest BCUT2D eigenvalue weighted by Crippen LogP contribution is -2.37. The van der Waals surface area contributed by atoms with Gasteiger partial charge in [-0.1, -0.05) is 36.4 Å². The zero-order chi connectivity index (χ0) is 18.7. The number of rotatable bonds is 5. The van der Waals surface area contributed by atoms with E-state index in [0.29, 0.717) is 0 Å². The molecule has 6 nitrogen and oxygen atoms in total. The van der Waals surface area contributed by atoms with Gasteiger partial charge >= 0.3 is 0 Å². The molecular weight excluding hydrogens is 328 g/mol. The molecule has 0 fully saturated rings. The molecule has 0 aliphatic rings. The highest BCUT2D eigenvalue weighted by Gasteiger charge is 2.17. The summed E-state index contributed by atoms with van der Waals surface area (Å²) >= 11 is 0. The Morgan fingerprint density at radius 1 is 1.15 bits per heavy atom. The van der Waals surface area contributed by atoms with Gasteiger partial charge in [0.25, 0.3) is 0 Å². The van der Waals surface area contributed by atoms with Gasteiger partial charge in [0.2, 0.25) is 11.8 Å². The third kappa shape index (κ3) is 3.59. The first-order valence-corrected chi connectivity index (χ1v) is 8.54. The van der Waals surface area contributed by atoms with Crippen LogP contribution in [0.5, 0.6) is 0 Å². The molecule has 0 saturated carbocycles. The van der Waals surface area contributed by atoms with Crippen molar-refractivity contribution >= 4 is 22.6 Å². The number of aromatic nitrogens is 2. The van der Waals surface area contributed by atoms with Crippen LogP contribution >= 0.6 is 0 Å². The minimum absolute atomic E-state index is 0.0316. The van der Waals surface area contributed by atoms with Crippen LogP contribution in [0.4, 0.5) is 0 Å². The number of carbonyl (C=O) groups is 2. The van der Waals surface area contributed by atoms with E-state index < -0.39 is 0 Å². The van der Waals surface area contributed by atoms with E-state index in [1.54, 1.807) is 6.20 Å². The molecule has 0 aliphatic carbocycles. The fourth-order valence-electron chi connectivity index (χ4n) is 3.06. The van der Waals surface area contributed by atoms with E-state index in [4.69, 9.17) is 0 Å². The van der Waals surface area contributed by atoms with Crippen molar-refractivity contribution in [3.63, 3.8) is 0 Å². The molecule has 26 heavy (non-hydrogen) atoms. The fraction of sp³-hybridized carbons (Fsp3) is 0.250. The second-order valence-electron chi connectivity index (χ2n) is 6.29. The number of fused-ring (bicyclic) bond motifs is 1. The maximum atomic E-state index is 11.9. The number of amides is 2. The van der Waals surface area contributed by atoms with E-state index in [-0.39, 0.29) is 24.4 Å². The van der Waals surface area contributed by atoms with Crippen molar-refractivity contribution in [3.8, 4) is 5.69 Å². The van der Waals surface area contributed by atoms with Gasteiger partial charge < -0.3 is 10.6 Å². The molecule has 134 valence electrons. The Balaban J connectivity index is 1.86. The minimum atomic E-state index is -0.231. The van der Waals surface area contributed by atoms with Crippen molar-refractivity contribution in [1.29, 1.82) is 0 Å². The summed E-state index contributed by atoms with van der Waals surface area (Å²) in [7, 11) is 0. The highest BCUT2D eigenvalue weighted by molar-refractivity contribution is 5.90. The molecule has 2 N–H and O–H groups in total. The smallest absolute Gasteiger partial charge is 0.239 e. The van der Waals surface area contributed by atoms with Gasteiger partial charge in [0.05, 0.1) is 24.5 Å². The molecule has 1 heterocycles. The summed E-state index contributed by atoms with van der Waals surface area (Å²) in [5.41, 5.74) is 2.91. The summed E-state index contributed by atoms with van der Waals surface area (Å²) in [4.78, 5) is 22.9. The molecule has 0 saturated heterocycles. The topological polar surface area (TPSA) is 76.0 Å². The summed E-state index contributed by atoms with van der Waals surface area (Å²) in [5.74, 6) is -0.460. The van der Waals surface area contributed by atoms with Crippen LogP contribution in [0.2, 0.25) is 0 Å². The lowest BCUT2D eigenvalue weighted by molar-refractivity contribution is -0.125. The van der Waals surface area contributed by atoms with Crippen molar-refractivity contribution in [2.24, 2.45) is 0 Å². The zero-order valence-electron chi connectivity index (χ0n) is 15.1. The van der Waals surface area contributed by atoms with Gasteiger partial charge in [0.1, 0.15) is 0 Å². The summed E-state index contributed by atoms with van der Waals surface area (Å²) < 4.78 is 1.90. The monoisotopic (exact) mass is 350 g/mol. The average molecular weight is 350 g/mol. The number of benzene rings is 2. The average Bonchev–Trinajstić information content (AvgIpc) is 3.01. The van der Waals surface area contributed by atoms with E-state index in [1.165, 1.54) is 6.92 Å². The molecule has 2 aromatic carbocycles. The lowest BCUT2D eigenvalue weighted by atomic mass is 10.1. The standard InChI is InChI=1S/C20H22N4O2/c1-13(23-20(26)12-21-15(3)25)18-11-22-24(14(18)2)19-10-6-8-16-7-4-5-9-17(16)19/h4-11,13H,12H2,1-3H3,(H,21,25)(H,23,26)/t13-/m1/s1. The molecule has 0 spiro atoms. The van der Waals surface area contributed by atoms with Gasteiger partial charge in [-0.3, -0.25) is 9.59 Å². The van der Waals surface area contributed by atoms with Crippen molar-refractivity contribution in [1.82, 2.24) is 20.4 Å². The van der Waals surface area contributed by atoms with E-state index >= 15 is 0 Å². The van der Waals surface area contributed by atoms with Crippen molar-refractivity contribution in [2.75, 3.05) is 6.54 Å². The van der Waals surface area contributed by atoms with Gasteiger partial charge in [-0.15, -0.1) is 0 Å². The summed E-state index contributed by atoms with van der Waals surface area (Å²) in [6.45, 7) is 5.24. The predicted octanol–water partition coefficient (Wildman–Crippen LogP) is 2.65. The van der Waals surface area contributed by atoms with Crippen molar-refractivity contribution < 1.29 is 9.59 Å². The first-order valence-electron chi connectivity index (χ1n) is 8.54. The van der Waals surface area contributed by atoms with Crippen LogP contribution in [0.1, 0.15) is 31.1 Å².